The highest BCUT2D eigenvalue weighted by Gasteiger charge is 2.13. The molecule has 0 spiro atoms. The lowest BCUT2D eigenvalue weighted by molar-refractivity contribution is 0.0952. The van der Waals surface area contributed by atoms with E-state index in [0.717, 1.165) is 16.3 Å². The number of halogens is 1. The number of benzene rings is 4. The Hall–Kier alpha value is -4.35. The van der Waals surface area contributed by atoms with Crippen molar-refractivity contribution in [3.63, 3.8) is 0 Å². The third-order valence-corrected chi connectivity index (χ3v) is 5.97. The number of fused-ring (bicyclic) bond motifs is 1. The first kappa shape index (κ1) is 23.8. The number of phenols is 1. The molecule has 0 heterocycles. The molecule has 35 heavy (non-hydrogen) atoms. The summed E-state index contributed by atoms with van der Waals surface area (Å²) >= 11 is 3.48. The van der Waals surface area contributed by atoms with Crippen LogP contribution in [0, 0.1) is 11.3 Å². The molecule has 0 unspecified atom stereocenters. The summed E-state index contributed by atoms with van der Waals surface area (Å²) in [6.07, 6.45) is 1.46. The van der Waals surface area contributed by atoms with Gasteiger partial charge in [0.15, 0.2) is 11.5 Å². The molecule has 4 aromatic carbocycles. The molecule has 4 aromatic rings. The minimum Gasteiger partial charge on any atom is -0.507 e. The fraction of sp³-hybridized carbons (Fsp3) is 0.0741. The number of rotatable bonds is 7. The molecule has 0 aromatic heterocycles. The maximum atomic E-state index is 12.6. The van der Waals surface area contributed by atoms with Crippen LogP contribution in [0.4, 0.5) is 0 Å². The number of hydrogen-bond donors (Lipinski definition) is 2. The van der Waals surface area contributed by atoms with Gasteiger partial charge < -0.3 is 14.6 Å². The van der Waals surface area contributed by atoms with Crippen LogP contribution in [0.5, 0.6) is 17.2 Å². The van der Waals surface area contributed by atoms with Crippen LogP contribution in [0.25, 0.3) is 10.8 Å². The highest BCUT2D eigenvalue weighted by molar-refractivity contribution is 9.10. The summed E-state index contributed by atoms with van der Waals surface area (Å²) in [6, 6.07) is 23.4. The molecular formula is C27H20BrN3O4. The van der Waals surface area contributed by atoms with E-state index >= 15 is 0 Å². The Bertz CT molecular complexity index is 1480. The van der Waals surface area contributed by atoms with Crippen LogP contribution in [0.1, 0.15) is 27.0 Å². The number of carbonyl (C=O) groups excluding carboxylic acids is 1. The highest BCUT2D eigenvalue weighted by Crippen LogP contribution is 2.33. The molecule has 1 amide bonds. The van der Waals surface area contributed by atoms with Crippen LogP contribution in [0.3, 0.4) is 0 Å². The Morgan fingerprint density at radius 3 is 2.54 bits per heavy atom. The predicted octanol–water partition coefficient (Wildman–Crippen LogP) is 5.53. The van der Waals surface area contributed by atoms with Crippen molar-refractivity contribution >= 4 is 38.8 Å². The van der Waals surface area contributed by atoms with Crippen LogP contribution in [0.2, 0.25) is 0 Å². The Balaban J connectivity index is 1.48. The minimum absolute atomic E-state index is 0.124. The van der Waals surface area contributed by atoms with Crippen molar-refractivity contribution in [2.24, 2.45) is 5.10 Å². The van der Waals surface area contributed by atoms with E-state index in [4.69, 9.17) is 9.47 Å². The van der Waals surface area contributed by atoms with Crippen LogP contribution in [0.15, 0.2) is 82.4 Å². The third-order valence-electron chi connectivity index (χ3n) is 5.28. The molecule has 0 saturated carbocycles. The lowest BCUT2D eigenvalue weighted by Crippen LogP contribution is -2.17. The van der Waals surface area contributed by atoms with Gasteiger partial charge in [0.25, 0.3) is 5.91 Å². The smallest absolute Gasteiger partial charge is 0.275 e. The van der Waals surface area contributed by atoms with Gasteiger partial charge in [-0.1, -0.05) is 42.5 Å². The molecular weight excluding hydrogens is 510 g/mol. The first-order valence-corrected chi connectivity index (χ1v) is 11.3. The summed E-state index contributed by atoms with van der Waals surface area (Å²) < 4.78 is 12.0. The Kier molecular flexibility index (Phi) is 7.29. The molecule has 8 heteroatoms. The van der Waals surface area contributed by atoms with Crippen molar-refractivity contribution in [1.82, 2.24) is 5.43 Å². The number of nitriles is 1. The maximum Gasteiger partial charge on any atom is 0.275 e. The van der Waals surface area contributed by atoms with Crippen molar-refractivity contribution in [3.8, 4) is 23.3 Å². The van der Waals surface area contributed by atoms with Crippen molar-refractivity contribution in [3.05, 3.63) is 99.5 Å². The normalized spacial score (nSPS) is 10.8. The average molecular weight is 530 g/mol. The summed E-state index contributed by atoms with van der Waals surface area (Å²) in [5.41, 5.74) is 4.50. The lowest BCUT2D eigenvalue weighted by Gasteiger charge is -2.13. The second-order valence-electron chi connectivity index (χ2n) is 7.50. The van der Waals surface area contributed by atoms with E-state index < -0.39 is 5.91 Å². The second-order valence-corrected chi connectivity index (χ2v) is 8.35. The van der Waals surface area contributed by atoms with Gasteiger partial charge in [0.05, 0.1) is 30.5 Å². The topological polar surface area (TPSA) is 104 Å². The molecule has 7 nitrogen and oxygen atoms in total. The molecule has 0 bridgehead atoms. The fourth-order valence-corrected chi connectivity index (χ4v) is 3.89. The van der Waals surface area contributed by atoms with Crippen LogP contribution < -0.4 is 14.9 Å². The number of ether oxygens (including phenoxy) is 2. The first-order valence-electron chi connectivity index (χ1n) is 10.5. The zero-order valence-electron chi connectivity index (χ0n) is 18.7. The number of carbonyl (C=O) groups is 1. The maximum absolute atomic E-state index is 12.6. The zero-order valence-corrected chi connectivity index (χ0v) is 20.2. The standard InChI is InChI=1S/C27H20BrN3O4/c1-34-25-12-21(23(28)13-26(25)35-16-20-9-5-4-8-19(20)14-29)15-30-31-27(33)22-10-17-6-2-3-7-18(17)11-24(22)32/h2-13,15,32H,16H2,1H3,(H,31,33). The first-order chi connectivity index (χ1) is 17.0. The van der Waals surface area contributed by atoms with Crippen molar-refractivity contribution in [2.45, 2.75) is 6.61 Å². The highest BCUT2D eigenvalue weighted by atomic mass is 79.9. The number of methoxy groups -OCH3 is 1. The monoisotopic (exact) mass is 529 g/mol. The molecule has 2 N–H and O–H groups in total. The summed E-state index contributed by atoms with van der Waals surface area (Å²) in [5, 5.41) is 25.2. The summed E-state index contributed by atoms with van der Waals surface area (Å²) in [7, 11) is 1.52. The molecule has 0 aliphatic rings. The summed E-state index contributed by atoms with van der Waals surface area (Å²) in [5.74, 6) is 0.277. The zero-order chi connectivity index (χ0) is 24.8. The SMILES string of the molecule is COc1cc(C=NNC(=O)c2cc3ccccc3cc2O)c(Br)cc1OCc1ccccc1C#N. The van der Waals surface area contributed by atoms with Gasteiger partial charge in [0.2, 0.25) is 0 Å². The van der Waals surface area contributed by atoms with E-state index in [-0.39, 0.29) is 17.9 Å². The number of hydrogen-bond acceptors (Lipinski definition) is 6. The second kappa shape index (κ2) is 10.7. The molecule has 0 atom stereocenters. The quantitative estimate of drug-likeness (QED) is 0.242. The third kappa shape index (κ3) is 5.42. The largest absolute Gasteiger partial charge is 0.507 e. The molecule has 0 aliphatic carbocycles. The van der Waals surface area contributed by atoms with Gasteiger partial charge in [-0.3, -0.25) is 4.79 Å². The van der Waals surface area contributed by atoms with Crippen LogP contribution in [-0.2, 0) is 6.61 Å². The molecule has 174 valence electrons. The van der Waals surface area contributed by atoms with Crippen molar-refractivity contribution in [2.75, 3.05) is 7.11 Å². The van der Waals surface area contributed by atoms with Gasteiger partial charge in [-0.05, 0) is 57.0 Å². The number of nitrogens with one attached hydrogen (secondary N) is 1. The molecule has 0 saturated heterocycles. The van der Waals surface area contributed by atoms with Gasteiger partial charge in [0.1, 0.15) is 12.4 Å². The van der Waals surface area contributed by atoms with E-state index in [1.54, 1.807) is 36.4 Å². The molecule has 4 rings (SSSR count). The van der Waals surface area contributed by atoms with Crippen molar-refractivity contribution in [1.29, 1.82) is 5.26 Å². The number of hydrazone groups is 1. The molecule has 0 aliphatic heterocycles. The van der Waals surface area contributed by atoms with E-state index in [1.165, 1.54) is 13.3 Å². The van der Waals surface area contributed by atoms with Crippen molar-refractivity contribution < 1.29 is 19.4 Å². The van der Waals surface area contributed by atoms with Gasteiger partial charge in [-0.2, -0.15) is 10.4 Å². The summed E-state index contributed by atoms with van der Waals surface area (Å²) in [4.78, 5) is 12.6. The van der Waals surface area contributed by atoms with E-state index in [0.29, 0.717) is 27.1 Å². The molecule has 0 radical (unpaired) electrons. The van der Waals surface area contributed by atoms with Crippen LogP contribution in [-0.4, -0.2) is 24.3 Å². The Morgan fingerprint density at radius 1 is 1.09 bits per heavy atom. The molecule has 0 fully saturated rings. The van der Waals surface area contributed by atoms with E-state index in [9.17, 15) is 15.2 Å². The number of nitrogens with zero attached hydrogens (tertiary/aromatic N) is 2. The summed E-state index contributed by atoms with van der Waals surface area (Å²) in [6.45, 7) is 0.200. The fourth-order valence-electron chi connectivity index (χ4n) is 3.46. The van der Waals surface area contributed by atoms with E-state index in [2.05, 4.69) is 32.5 Å². The van der Waals surface area contributed by atoms with Gasteiger partial charge in [-0.25, -0.2) is 5.43 Å². The number of phenolic OH excluding ortho intramolecular Hbond substituents is 1. The van der Waals surface area contributed by atoms with Gasteiger partial charge in [0, 0.05) is 15.6 Å². The Morgan fingerprint density at radius 2 is 1.80 bits per heavy atom. The van der Waals surface area contributed by atoms with Gasteiger partial charge in [-0.15, -0.1) is 0 Å². The van der Waals surface area contributed by atoms with E-state index in [1.807, 2.05) is 36.4 Å². The average Bonchev–Trinajstić information content (AvgIpc) is 2.88. The number of amides is 1. The van der Waals surface area contributed by atoms with Gasteiger partial charge >= 0.3 is 0 Å². The predicted molar refractivity (Wildman–Crippen MR) is 137 cm³/mol. The minimum atomic E-state index is -0.538. The lowest BCUT2D eigenvalue weighted by atomic mass is 10.1. The number of aromatic hydroxyl groups is 1. The van der Waals surface area contributed by atoms with Crippen LogP contribution >= 0.6 is 15.9 Å². The Labute approximate surface area is 210 Å².